The minimum Gasteiger partial charge on any atom is -0.288 e. The van der Waals surface area contributed by atoms with Gasteiger partial charge in [0.1, 0.15) is 5.15 Å². The second kappa shape index (κ2) is 6.19. The van der Waals surface area contributed by atoms with Crippen molar-refractivity contribution in [2.24, 2.45) is 4.99 Å². The molecule has 0 aliphatic rings. The highest BCUT2D eigenvalue weighted by atomic mass is 35.5. The van der Waals surface area contributed by atoms with Gasteiger partial charge in [0.25, 0.3) is 0 Å². The average Bonchev–Trinajstić information content (AvgIpc) is 2.36. The maximum atomic E-state index is 5.91. The molecule has 1 heterocycles. The standard InChI is InChI=1S/C13H9Cl3N2/c14-11-3-1-9(5-12(11)15)6-17-7-10-2-4-13(16)18-8-10/h1-6,8H,7H2. The molecule has 18 heavy (non-hydrogen) atoms. The van der Waals surface area contributed by atoms with Crippen molar-refractivity contribution < 1.29 is 0 Å². The fraction of sp³-hybridized carbons (Fsp3) is 0.0769. The molecular formula is C13H9Cl3N2. The predicted octanol–water partition coefficient (Wildman–Crippen LogP) is 4.66. The van der Waals surface area contributed by atoms with Crippen molar-refractivity contribution in [3.05, 3.63) is 62.9 Å². The third kappa shape index (κ3) is 3.70. The maximum Gasteiger partial charge on any atom is 0.129 e. The third-order valence-corrected chi connectivity index (χ3v) is 3.21. The molecule has 0 saturated heterocycles. The molecule has 0 atom stereocenters. The van der Waals surface area contributed by atoms with Crippen LogP contribution in [0.5, 0.6) is 0 Å². The quantitative estimate of drug-likeness (QED) is 0.597. The normalized spacial score (nSPS) is 11.1. The minimum atomic E-state index is 0.479. The SMILES string of the molecule is Clc1ccc(CN=Cc2ccc(Cl)c(Cl)c2)cn1. The molecule has 0 bridgehead atoms. The summed E-state index contributed by atoms with van der Waals surface area (Å²) in [4.78, 5) is 8.29. The van der Waals surface area contributed by atoms with Crippen molar-refractivity contribution in [1.82, 2.24) is 4.98 Å². The first-order valence-corrected chi connectivity index (χ1v) is 6.34. The lowest BCUT2D eigenvalue weighted by atomic mass is 10.2. The van der Waals surface area contributed by atoms with E-state index in [0.29, 0.717) is 21.7 Å². The lowest BCUT2D eigenvalue weighted by Gasteiger charge is -1.98. The summed E-state index contributed by atoms with van der Waals surface area (Å²) < 4.78 is 0. The monoisotopic (exact) mass is 298 g/mol. The number of aliphatic imine (C=N–C) groups is 1. The Kier molecular flexibility index (Phi) is 4.59. The number of aromatic nitrogens is 1. The van der Waals surface area contributed by atoms with E-state index in [4.69, 9.17) is 34.8 Å². The summed E-state index contributed by atoms with van der Waals surface area (Å²) in [6.45, 7) is 0.546. The van der Waals surface area contributed by atoms with Crippen LogP contribution in [0.25, 0.3) is 0 Å². The van der Waals surface area contributed by atoms with Gasteiger partial charge in [0.15, 0.2) is 0 Å². The van der Waals surface area contributed by atoms with E-state index >= 15 is 0 Å². The number of halogens is 3. The number of hydrogen-bond donors (Lipinski definition) is 0. The summed E-state index contributed by atoms with van der Waals surface area (Å²) in [5.41, 5.74) is 1.90. The van der Waals surface area contributed by atoms with Crippen LogP contribution in [0.1, 0.15) is 11.1 Å². The fourth-order valence-corrected chi connectivity index (χ4v) is 1.77. The zero-order valence-electron chi connectivity index (χ0n) is 9.28. The molecule has 1 aromatic heterocycles. The van der Waals surface area contributed by atoms with Gasteiger partial charge in [-0.25, -0.2) is 4.98 Å². The molecule has 0 amide bonds. The average molecular weight is 300 g/mol. The van der Waals surface area contributed by atoms with Crippen molar-refractivity contribution in [3.8, 4) is 0 Å². The van der Waals surface area contributed by atoms with Crippen LogP contribution in [0.2, 0.25) is 15.2 Å². The van der Waals surface area contributed by atoms with Gasteiger partial charge in [-0.1, -0.05) is 46.9 Å². The van der Waals surface area contributed by atoms with Crippen LogP contribution in [0.4, 0.5) is 0 Å². The van der Waals surface area contributed by atoms with Gasteiger partial charge < -0.3 is 0 Å². The Labute approximate surface area is 120 Å². The zero-order chi connectivity index (χ0) is 13.0. The van der Waals surface area contributed by atoms with E-state index in [-0.39, 0.29) is 0 Å². The summed E-state index contributed by atoms with van der Waals surface area (Å²) in [7, 11) is 0. The topological polar surface area (TPSA) is 25.2 Å². The van der Waals surface area contributed by atoms with Crippen molar-refractivity contribution in [1.29, 1.82) is 0 Å². The third-order valence-electron chi connectivity index (χ3n) is 2.25. The second-order valence-electron chi connectivity index (χ2n) is 3.63. The fourth-order valence-electron chi connectivity index (χ4n) is 1.35. The lowest BCUT2D eigenvalue weighted by molar-refractivity contribution is 1.05. The van der Waals surface area contributed by atoms with Gasteiger partial charge in [-0.2, -0.15) is 0 Å². The molecule has 1 aromatic carbocycles. The van der Waals surface area contributed by atoms with Crippen LogP contribution in [-0.4, -0.2) is 11.2 Å². The molecule has 5 heteroatoms. The summed E-state index contributed by atoms with van der Waals surface area (Å²) in [6.07, 6.45) is 3.45. The molecular weight excluding hydrogens is 291 g/mol. The number of rotatable bonds is 3. The van der Waals surface area contributed by atoms with E-state index in [2.05, 4.69) is 9.98 Å². The highest BCUT2D eigenvalue weighted by Gasteiger charge is 1.97. The zero-order valence-corrected chi connectivity index (χ0v) is 11.5. The molecule has 0 spiro atoms. The smallest absolute Gasteiger partial charge is 0.129 e. The van der Waals surface area contributed by atoms with Crippen LogP contribution in [0, 0.1) is 0 Å². The van der Waals surface area contributed by atoms with Crippen molar-refractivity contribution in [3.63, 3.8) is 0 Å². The Bertz CT molecular complexity index is 565. The van der Waals surface area contributed by atoms with Crippen molar-refractivity contribution >= 4 is 41.0 Å². The van der Waals surface area contributed by atoms with Crippen LogP contribution >= 0.6 is 34.8 Å². The van der Waals surface area contributed by atoms with Crippen molar-refractivity contribution in [2.75, 3.05) is 0 Å². The van der Waals surface area contributed by atoms with E-state index in [1.165, 1.54) is 0 Å². The molecule has 0 saturated carbocycles. The van der Waals surface area contributed by atoms with Crippen molar-refractivity contribution in [2.45, 2.75) is 6.54 Å². The van der Waals surface area contributed by atoms with E-state index < -0.39 is 0 Å². The van der Waals surface area contributed by atoms with E-state index in [9.17, 15) is 0 Å². The van der Waals surface area contributed by atoms with Gasteiger partial charge in [-0.05, 0) is 29.3 Å². The van der Waals surface area contributed by atoms with E-state index in [0.717, 1.165) is 11.1 Å². The van der Waals surface area contributed by atoms with Gasteiger partial charge in [-0.3, -0.25) is 4.99 Å². The Morgan fingerprint density at radius 3 is 2.56 bits per heavy atom. The molecule has 92 valence electrons. The summed E-state index contributed by atoms with van der Waals surface area (Å²) >= 11 is 17.4. The van der Waals surface area contributed by atoms with Gasteiger partial charge in [0, 0.05) is 12.4 Å². The predicted molar refractivity (Wildman–Crippen MR) is 77.0 cm³/mol. The maximum absolute atomic E-state index is 5.91. The van der Waals surface area contributed by atoms with Gasteiger partial charge >= 0.3 is 0 Å². The number of pyridine rings is 1. The van der Waals surface area contributed by atoms with Crippen LogP contribution < -0.4 is 0 Å². The Morgan fingerprint density at radius 2 is 1.89 bits per heavy atom. The molecule has 2 aromatic rings. The molecule has 0 unspecified atom stereocenters. The van der Waals surface area contributed by atoms with Gasteiger partial charge in [0.05, 0.1) is 16.6 Å². The highest BCUT2D eigenvalue weighted by Crippen LogP contribution is 2.21. The number of benzene rings is 1. The molecule has 0 fully saturated rings. The largest absolute Gasteiger partial charge is 0.288 e. The van der Waals surface area contributed by atoms with Gasteiger partial charge in [-0.15, -0.1) is 0 Å². The highest BCUT2D eigenvalue weighted by molar-refractivity contribution is 6.42. The minimum absolute atomic E-state index is 0.479. The van der Waals surface area contributed by atoms with E-state index in [1.54, 1.807) is 30.6 Å². The second-order valence-corrected chi connectivity index (χ2v) is 4.83. The van der Waals surface area contributed by atoms with Crippen LogP contribution in [0.3, 0.4) is 0 Å². The number of nitrogens with zero attached hydrogens (tertiary/aromatic N) is 2. The van der Waals surface area contributed by atoms with Crippen LogP contribution in [-0.2, 0) is 6.54 Å². The Hall–Kier alpha value is -1.09. The molecule has 0 aliphatic carbocycles. The molecule has 0 N–H and O–H groups in total. The van der Waals surface area contributed by atoms with Crippen LogP contribution in [0.15, 0.2) is 41.5 Å². The van der Waals surface area contributed by atoms with E-state index in [1.807, 2.05) is 12.1 Å². The lowest BCUT2D eigenvalue weighted by Crippen LogP contribution is -1.86. The number of hydrogen-bond acceptors (Lipinski definition) is 2. The first-order valence-electron chi connectivity index (χ1n) is 5.20. The first-order chi connectivity index (χ1) is 8.65. The molecule has 2 nitrogen and oxygen atoms in total. The molecule has 2 rings (SSSR count). The van der Waals surface area contributed by atoms with Gasteiger partial charge in [0.2, 0.25) is 0 Å². The summed E-state index contributed by atoms with van der Waals surface area (Å²) in [6, 6.07) is 9.01. The summed E-state index contributed by atoms with van der Waals surface area (Å²) in [5.74, 6) is 0. The Balaban J connectivity index is 2.02. The summed E-state index contributed by atoms with van der Waals surface area (Å²) in [5, 5.41) is 1.54. The first kappa shape index (κ1) is 13.3. The molecule has 0 radical (unpaired) electrons. The Morgan fingerprint density at radius 1 is 1.06 bits per heavy atom. The molecule has 0 aliphatic heterocycles.